The monoisotopic (exact) mass is 441 g/mol. The van der Waals surface area contributed by atoms with Crippen molar-refractivity contribution in [2.24, 2.45) is 5.73 Å². The topological polar surface area (TPSA) is 157 Å². The fraction of sp³-hybridized carbons (Fsp3) is 0.100. The van der Waals surface area contributed by atoms with Gasteiger partial charge in [-0.05, 0) is 23.3 Å². The van der Waals surface area contributed by atoms with Gasteiger partial charge in [-0.3, -0.25) is 14.9 Å². The highest BCUT2D eigenvalue weighted by Gasteiger charge is 2.12. The summed E-state index contributed by atoms with van der Waals surface area (Å²) in [4.78, 5) is 26.4. The van der Waals surface area contributed by atoms with E-state index in [0.717, 1.165) is 0 Å². The Hall–Kier alpha value is -3.99. The minimum atomic E-state index is -2.50. The molecule has 3 rings (SSSR count). The van der Waals surface area contributed by atoms with Crippen LogP contribution < -0.4 is 16.4 Å². The number of hydrogen-bond donors (Lipinski definition) is 4. The van der Waals surface area contributed by atoms with Crippen LogP contribution in [0.25, 0.3) is 0 Å². The van der Waals surface area contributed by atoms with Crippen LogP contribution in [-0.2, 0) is 23.0 Å². The third kappa shape index (κ3) is 6.00. The number of aromatic nitrogens is 1. The van der Waals surface area contributed by atoms with Crippen LogP contribution in [0.5, 0.6) is 0 Å². The molecule has 1 amide bonds. The lowest BCUT2D eigenvalue weighted by molar-refractivity contribution is -0.384. The zero-order chi connectivity index (χ0) is 22.4. The van der Waals surface area contributed by atoms with Crippen molar-refractivity contribution in [3.63, 3.8) is 0 Å². The van der Waals surface area contributed by atoms with E-state index in [2.05, 4.69) is 15.6 Å². The summed E-state index contributed by atoms with van der Waals surface area (Å²) in [6.45, 7) is 0.230. The van der Waals surface area contributed by atoms with E-state index in [-0.39, 0.29) is 23.5 Å². The zero-order valence-corrected chi connectivity index (χ0v) is 17.0. The largest absolute Gasteiger partial charge is 0.380 e. The normalized spacial score (nSPS) is 10.6. The maximum absolute atomic E-state index is 11.8. The van der Waals surface area contributed by atoms with Crippen molar-refractivity contribution >= 4 is 39.5 Å². The van der Waals surface area contributed by atoms with Crippen molar-refractivity contribution < 1.29 is 18.1 Å². The van der Waals surface area contributed by atoms with Crippen molar-refractivity contribution in [2.75, 3.05) is 10.6 Å². The van der Waals surface area contributed by atoms with Gasteiger partial charge in [0, 0.05) is 36.6 Å². The number of anilines is 3. The number of amides is 1. The molecular formula is C20H19N5O5S. The van der Waals surface area contributed by atoms with Crippen LogP contribution >= 0.6 is 0 Å². The molecule has 0 bridgehead atoms. The molecule has 0 saturated heterocycles. The number of hydrogen-bond acceptors (Lipinski definition) is 8. The van der Waals surface area contributed by atoms with Gasteiger partial charge < -0.3 is 16.4 Å². The van der Waals surface area contributed by atoms with Crippen molar-refractivity contribution in [3.8, 4) is 0 Å². The minimum absolute atomic E-state index is 0.0310. The summed E-state index contributed by atoms with van der Waals surface area (Å²) in [5.41, 5.74) is 7.98. The number of benzene rings is 2. The van der Waals surface area contributed by atoms with Gasteiger partial charge in [0.05, 0.1) is 21.9 Å². The van der Waals surface area contributed by atoms with E-state index >= 15 is 0 Å². The molecule has 10 nitrogen and oxygen atoms in total. The molecule has 0 aliphatic carbocycles. The Bertz CT molecular complexity index is 1190. The van der Waals surface area contributed by atoms with Gasteiger partial charge in [0.15, 0.2) is 0 Å². The lowest BCUT2D eigenvalue weighted by Crippen LogP contribution is -2.15. The van der Waals surface area contributed by atoms with Gasteiger partial charge in [-0.15, -0.1) is 0 Å². The lowest BCUT2D eigenvalue weighted by Gasteiger charge is -2.13. The molecule has 1 heterocycles. The third-order valence-corrected chi connectivity index (χ3v) is 4.94. The predicted octanol–water partition coefficient (Wildman–Crippen LogP) is 2.56. The summed E-state index contributed by atoms with van der Waals surface area (Å²) in [5, 5.41) is 17.1. The Labute approximate surface area is 179 Å². The van der Waals surface area contributed by atoms with Crippen molar-refractivity contribution in [1.29, 1.82) is 0 Å². The first-order valence-corrected chi connectivity index (χ1v) is 10.4. The molecule has 0 atom stereocenters. The minimum Gasteiger partial charge on any atom is -0.380 e. The highest BCUT2D eigenvalue weighted by molar-refractivity contribution is 7.71. The summed E-state index contributed by atoms with van der Waals surface area (Å²) in [6.07, 6.45) is 1.33. The maximum atomic E-state index is 11.8. The quantitative estimate of drug-likeness (QED) is 0.224. The second-order valence-electron chi connectivity index (χ2n) is 6.57. The number of nitro groups is 1. The van der Waals surface area contributed by atoms with Gasteiger partial charge in [-0.1, -0.05) is 24.3 Å². The van der Waals surface area contributed by atoms with E-state index in [1.54, 1.807) is 42.5 Å². The number of carbonyl (C=O) groups excluding carboxylic acids is 1. The number of pyridine rings is 1. The summed E-state index contributed by atoms with van der Waals surface area (Å²) in [5.74, 6) is -0.279. The molecule has 31 heavy (non-hydrogen) atoms. The maximum Gasteiger partial charge on any atom is 0.269 e. The molecule has 4 N–H and O–H groups in total. The fourth-order valence-electron chi connectivity index (χ4n) is 2.83. The van der Waals surface area contributed by atoms with Crippen LogP contribution in [0, 0.1) is 10.1 Å². The number of nitrogens with two attached hydrogens (primary N) is 1. The molecule has 0 saturated carbocycles. The van der Waals surface area contributed by atoms with E-state index in [9.17, 15) is 23.3 Å². The molecule has 160 valence electrons. The van der Waals surface area contributed by atoms with Crippen molar-refractivity contribution in [3.05, 3.63) is 87.6 Å². The lowest BCUT2D eigenvalue weighted by atomic mass is 10.1. The summed E-state index contributed by atoms with van der Waals surface area (Å²) in [7, 11) is -2.50. The van der Waals surface area contributed by atoms with Gasteiger partial charge in [0.1, 0.15) is 16.5 Å². The van der Waals surface area contributed by atoms with Gasteiger partial charge in [0.25, 0.3) is 11.6 Å². The molecule has 11 heteroatoms. The Morgan fingerprint density at radius 2 is 1.84 bits per heavy atom. The van der Waals surface area contributed by atoms with Gasteiger partial charge in [-0.2, -0.15) is 0 Å². The first kappa shape index (κ1) is 21.7. The van der Waals surface area contributed by atoms with Gasteiger partial charge in [0.2, 0.25) is 0 Å². The Kier molecular flexibility index (Phi) is 6.78. The number of rotatable bonds is 9. The van der Waals surface area contributed by atoms with Crippen molar-refractivity contribution in [1.82, 2.24) is 4.98 Å². The molecule has 0 spiro atoms. The zero-order valence-electron chi connectivity index (χ0n) is 16.1. The molecule has 0 fully saturated rings. The number of nitrogens with one attached hydrogen (secondary N) is 2. The Morgan fingerprint density at radius 3 is 2.48 bits per heavy atom. The molecule has 0 unspecified atom stereocenters. The molecule has 1 aromatic heterocycles. The van der Waals surface area contributed by atoms with Crippen LogP contribution in [0.4, 0.5) is 22.9 Å². The van der Waals surface area contributed by atoms with Crippen LogP contribution in [0.2, 0.25) is 0 Å². The molecule has 0 aliphatic rings. The van der Waals surface area contributed by atoms with Gasteiger partial charge in [-0.25, -0.2) is 13.4 Å². The highest BCUT2D eigenvalue weighted by atomic mass is 32.2. The first-order valence-electron chi connectivity index (χ1n) is 9.06. The molecule has 2 aromatic carbocycles. The summed E-state index contributed by atoms with van der Waals surface area (Å²) >= 11 is 0. The predicted molar refractivity (Wildman–Crippen MR) is 117 cm³/mol. The average Bonchev–Trinajstić information content (AvgIpc) is 2.73. The SMILES string of the molecule is NC(=O)c1cnc(Nc2ccc(C[SH](=O)=O)cc2)cc1NCc1cccc([N+](=O)[O-])c1. The molecule has 0 radical (unpaired) electrons. The van der Waals surface area contributed by atoms with Crippen molar-refractivity contribution in [2.45, 2.75) is 12.3 Å². The van der Waals surface area contributed by atoms with E-state index < -0.39 is 21.5 Å². The molecular weight excluding hydrogens is 422 g/mol. The Morgan fingerprint density at radius 1 is 1.10 bits per heavy atom. The van der Waals surface area contributed by atoms with E-state index in [4.69, 9.17) is 5.73 Å². The van der Waals surface area contributed by atoms with Crippen LogP contribution in [0.1, 0.15) is 21.5 Å². The molecule has 3 aromatic rings. The second kappa shape index (κ2) is 9.67. The highest BCUT2D eigenvalue weighted by Crippen LogP contribution is 2.23. The summed E-state index contributed by atoms with van der Waals surface area (Å²) < 4.78 is 21.6. The number of primary amides is 1. The number of thiol groups is 1. The molecule has 0 aliphatic heterocycles. The second-order valence-corrected chi connectivity index (χ2v) is 7.55. The first-order chi connectivity index (χ1) is 14.8. The average molecular weight is 441 g/mol. The van der Waals surface area contributed by atoms with Crippen LogP contribution in [0.15, 0.2) is 60.8 Å². The smallest absolute Gasteiger partial charge is 0.269 e. The number of non-ortho nitro benzene ring substituents is 1. The Balaban J connectivity index is 1.78. The van der Waals surface area contributed by atoms with Gasteiger partial charge >= 0.3 is 0 Å². The van der Waals surface area contributed by atoms with E-state index in [0.29, 0.717) is 28.3 Å². The number of carbonyl (C=O) groups is 1. The van der Waals surface area contributed by atoms with Crippen LogP contribution in [0.3, 0.4) is 0 Å². The van der Waals surface area contributed by atoms with E-state index in [1.807, 2.05) is 0 Å². The summed E-state index contributed by atoms with van der Waals surface area (Å²) in [6, 6.07) is 14.5. The standard InChI is InChI=1S/C20H19N5O5S/c21-20(26)17-11-23-19(24-15-6-4-13(5-7-15)12-31(29)30)9-18(17)22-10-14-2-1-3-16(8-14)25(27)28/h1-9,11,31H,10,12H2,(H2,21,26)(H2,22,23,24). The third-order valence-electron chi connectivity index (χ3n) is 4.31. The van der Waals surface area contributed by atoms with Crippen LogP contribution in [-0.4, -0.2) is 24.2 Å². The van der Waals surface area contributed by atoms with E-state index in [1.165, 1.54) is 18.3 Å². The number of nitrogens with zero attached hydrogens (tertiary/aromatic N) is 2. The number of nitro benzene ring substituents is 1. The fourth-order valence-corrected chi connectivity index (χ4v) is 3.34.